The summed E-state index contributed by atoms with van der Waals surface area (Å²) in [5, 5.41) is 3.49. The summed E-state index contributed by atoms with van der Waals surface area (Å²) in [5.74, 6) is 1.74. The normalized spacial score (nSPS) is 18.2. The van der Waals surface area contributed by atoms with Crippen LogP contribution in [0.1, 0.15) is 55.1 Å². The summed E-state index contributed by atoms with van der Waals surface area (Å²) in [7, 11) is 6.10. The Morgan fingerprint density at radius 2 is 1.68 bits per heavy atom. The summed E-state index contributed by atoms with van der Waals surface area (Å²) in [6.45, 7) is 0.503. The SMILES string of the molecule is COc1ccc(C(=O)OCc2c3c(c(OC)c4c2OCO4)C(C2OC(=O)c4c2ccc(OC)c4OC)NCC3)cc1. The number of carbonyl (C=O) groups excluding carboxylic acids is 2. The van der Waals surface area contributed by atoms with Crippen molar-refractivity contribution in [2.45, 2.75) is 25.2 Å². The second-order valence-corrected chi connectivity index (χ2v) is 9.55. The Hall–Kier alpha value is -4.64. The standard InChI is InChI=1S/C30H29NO10/c1-34-16-7-5-15(6-8-16)29(32)38-13-19-17-11-12-31-23(21(17)27(37-4)28-25(19)39-14-40-28)24-18-9-10-20(35-2)26(36-3)22(18)30(33)41-24/h5-10,23-24,31H,11-14H2,1-4H3. The van der Waals surface area contributed by atoms with E-state index in [9.17, 15) is 9.59 Å². The molecule has 0 fully saturated rings. The largest absolute Gasteiger partial charge is 0.497 e. The van der Waals surface area contributed by atoms with Gasteiger partial charge in [0, 0.05) is 16.7 Å². The molecule has 0 saturated carbocycles. The number of fused-ring (bicyclic) bond motifs is 3. The fourth-order valence-electron chi connectivity index (χ4n) is 5.74. The molecule has 11 nitrogen and oxygen atoms in total. The molecule has 214 valence electrons. The van der Waals surface area contributed by atoms with Crippen LogP contribution in [0.2, 0.25) is 0 Å². The number of rotatable bonds is 8. The van der Waals surface area contributed by atoms with Gasteiger partial charge in [-0.3, -0.25) is 0 Å². The first kappa shape index (κ1) is 26.6. The molecule has 2 atom stereocenters. The fraction of sp³-hybridized carbons (Fsp3) is 0.333. The van der Waals surface area contributed by atoms with Crippen molar-refractivity contribution in [1.82, 2.24) is 5.32 Å². The lowest BCUT2D eigenvalue weighted by atomic mass is 9.84. The van der Waals surface area contributed by atoms with E-state index in [-0.39, 0.29) is 13.4 Å². The van der Waals surface area contributed by atoms with E-state index in [0.717, 1.165) is 11.1 Å². The summed E-state index contributed by atoms with van der Waals surface area (Å²) < 4.78 is 45.3. The molecular formula is C30H29NO10. The third kappa shape index (κ3) is 4.33. The van der Waals surface area contributed by atoms with Crippen LogP contribution in [0.4, 0.5) is 0 Å². The minimum atomic E-state index is -0.694. The van der Waals surface area contributed by atoms with Crippen molar-refractivity contribution in [3.05, 3.63) is 69.8 Å². The smallest absolute Gasteiger partial charge is 0.343 e. The van der Waals surface area contributed by atoms with Gasteiger partial charge in [-0.2, -0.15) is 0 Å². The van der Waals surface area contributed by atoms with Crippen LogP contribution in [0.5, 0.6) is 34.5 Å². The van der Waals surface area contributed by atoms with Crippen LogP contribution in [0.3, 0.4) is 0 Å². The summed E-state index contributed by atoms with van der Waals surface area (Å²) in [6.07, 6.45) is -0.103. The van der Waals surface area contributed by atoms with Crippen molar-refractivity contribution < 1.29 is 47.5 Å². The van der Waals surface area contributed by atoms with Gasteiger partial charge in [0.15, 0.2) is 23.0 Å². The zero-order valence-corrected chi connectivity index (χ0v) is 23.0. The molecule has 2 unspecified atom stereocenters. The van der Waals surface area contributed by atoms with Crippen molar-refractivity contribution in [3.63, 3.8) is 0 Å². The van der Waals surface area contributed by atoms with Gasteiger partial charge in [0.25, 0.3) is 0 Å². The van der Waals surface area contributed by atoms with Crippen molar-refractivity contribution in [2.75, 3.05) is 41.8 Å². The molecule has 41 heavy (non-hydrogen) atoms. The maximum Gasteiger partial charge on any atom is 0.343 e. The Bertz CT molecular complexity index is 1520. The van der Waals surface area contributed by atoms with Crippen LogP contribution in [-0.2, 0) is 22.5 Å². The van der Waals surface area contributed by atoms with Gasteiger partial charge in [0.05, 0.1) is 40.0 Å². The highest BCUT2D eigenvalue weighted by atomic mass is 16.7. The van der Waals surface area contributed by atoms with Gasteiger partial charge in [-0.15, -0.1) is 0 Å². The number of ether oxygens (including phenoxy) is 8. The highest BCUT2D eigenvalue weighted by Gasteiger charge is 2.45. The third-order valence-corrected chi connectivity index (χ3v) is 7.58. The molecule has 6 rings (SSSR count). The maximum absolute atomic E-state index is 13.1. The van der Waals surface area contributed by atoms with E-state index in [0.29, 0.717) is 69.7 Å². The van der Waals surface area contributed by atoms with E-state index >= 15 is 0 Å². The molecule has 3 aliphatic rings. The van der Waals surface area contributed by atoms with E-state index in [2.05, 4.69) is 5.32 Å². The lowest BCUT2D eigenvalue weighted by molar-refractivity contribution is 0.0279. The predicted octanol–water partition coefficient (Wildman–Crippen LogP) is 3.91. The summed E-state index contributed by atoms with van der Waals surface area (Å²) in [4.78, 5) is 26.0. The molecule has 1 N–H and O–H groups in total. The van der Waals surface area contributed by atoms with Crippen molar-refractivity contribution >= 4 is 11.9 Å². The molecule has 0 saturated heterocycles. The summed E-state index contributed by atoms with van der Waals surface area (Å²) in [5.41, 5.74) is 3.67. The minimum Gasteiger partial charge on any atom is -0.497 e. The Balaban J connectivity index is 1.40. The Labute approximate surface area is 236 Å². The molecule has 3 heterocycles. The number of esters is 2. The second-order valence-electron chi connectivity index (χ2n) is 9.55. The number of nitrogens with one attached hydrogen (secondary N) is 1. The lowest BCUT2D eigenvalue weighted by Gasteiger charge is -2.34. The van der Waals surface area contributed by atoms with Crippen molar-refractivity contribution in [2.24, 2.45) is 0 Å². The molecule has 3 aromatic rings. The molecular weight excluding hydrogens is 534 g/mol. The first-order chi connectivity index (χ1) is 20.0. The zero-order chi connectivity index (χ0) is 28.7. The van der Waals surface area contributed by atoms with Gasteiger partial charge in [-0.05, 0) is 48.9 Å². The van der Waals surface area contributed by atoms with Crippen LogP contribution >= 0.6 is 0 Å². The fourth-order valence-corrected chi connectivity index (χ4v) is 5.74. The van der Waals surface area contributed by atoms with Gasteiger partial charge in [-0.1, -0.05) is 6.07 Å². The highest BCUT2D eigenvalue weighted by molar-refractivity contribution is 5.98. The van der Waals surface area contributed by atoms with Gasteiger partial charge in [0.2, 0.25) is 12.5 Å². The molecule has 0 amide bonds. The molecule has 0 bridgehead atoms. The topological polar surface area (TPSA) is 120 Å². The monoisotopic (exact) mass is 563 g/mol. The molecule has 11 heteroatoms. The van der Waals surface area contributed by atoms with E-state index < -0.39 is 24.1 Å². The quantitative estimate of drug-likeness (QED) is 0.402. The molecule has 0 spiro atoms. The van der Waals surface area contributed by atoms with Crippen molar-refractivity contribution in [1.29, 1.82) is 0 Å². The third-order valence-electron chi connectivity index (χ3n) is 7.58. The van der Waals surface area contributed by atoms with E-state index in [1.807, 2.05) is 0 Å². The first-order valence-corrected chi connectivity index (χ1v) is 13.0. The first-order valence-electron chi connectivity index (χ1n) is 13.0. The van der Waals surface area contributed by atoms with E-state index in [1.165, 1.54) is 14.2 Å². The zero-order valence-electron chi connectivity index (χ0n) is 23.0. The van der Waals surface area contributed by atoms with Crippen LogP contribution in [0.25, 0.3) is 0 Å². The van der Waals surface area contributed by atoms with Crippen LogP contribution in [0.15, 0.2) is 36.4 Å². The molecule has 3 aliphatic heterocycles. The predicted molar refractivity (Wildman–Crippen MR) is 143 cm³/mol. The van der Waals surface area contributed by atoms with E-state index in [1.54, 1.807) is 50.6 Å². The number of cyclic esters (lactones) is 1. The summed E-state index contributed by atoms with van der Waals surface area (Å²) in [6, 6.07) is 9.73. The Morgan fingerprint density at radius 3 is 2.39 bits per heavy atom. The Morgan fingerprint density at radius 1 is 0.927 bits per heavy atom. The van der Waals surface area contributed by atoms with Crippen LogP contribution in [-0.4, -0.2) is 53.7 Å². The van der Waals surface area contributed by atoms with Crippen LogP contribution in [0, 0.1) is 0 Å². The van der Waals surface area contributed by atoms with E-state index in [4.69, 9.17) is 37.9 Å². The average Bonchev–Trinajstić information content (AvgIpc) is 3.63. The van der Waals surface area contributed by atoms with Gasteiger partial charge in [-0.25, -0.2) is 9.59 Å². The van der Waals surface area contributed by atoms with Gasteiger partial charge >= 0.3 is 11.9 Å². The minimum absolute atomic E-state index is 0.00957. The lowest BCUT2D eigenvalue weighted by Crippen LogP contribution is -2.35. The Kier molecular flexibility index (Phi) is 6.96. The molecule has 3 aromatic carbocycles. The number of hydrogen-bond acceptors (Lipinski definition) is 11. The van der Waals surface area contributed by atoms with Gasteiger partial charge < -0.3 is 43.2 Å². The van der Waals surface area contributed by atoms with Crippen LogP contribution < -0.4 is 33.7 Å². The van der Waals surface area contributed by atoms with Gasteiger partial charge in [0.1, 0.15) is 24.0 Å². The number of carbonyl (C=O) groups is 2. The number of hydrogen-bond donors (Lipinski definition) is 1. The number of methoxy groups -OCH3 is 4. The second kappa shape index (κ2) is 10.7. The molecule has 0 radical (unpaired) electrons. The number of benzene rings is 3. The van der Waals surface area contributed by atoms with Crippen molar-refractivity contribution in [3.8, 4) is 34.5 Å². The molecule has 0 aromatic heterocycles. The summed E-state index contributed by atoms with van der Waals surface area (Å²) >= 11 is 0. The molecule has 0 aliphatic carbocycles. The average molecular weight is 564 g/mol. The highest BCUT2D eigenvalue weighted by Crippen LogP contribution is 2.55. The maximum atomic E-state index is 13.1.